The van der Waals surface area contributed by atoms with Crippen LogP contribution in [0.3, 0.4) is 0 Å². The van der Waals surface area contributed by atoms with Crippen molar-refractivity contribution in [2.24, 2.45) is 5.10 Å². The van der Waals surface area contributed by atoms with Crippen LogP contribution in [0, 0.1) is 0 Å². The van der Waals surface area contributed by atoms with Gasteiger partial charge in [0.15, 0.2) is 0 Å². The lowest BCUT2D eigenvalue weighted by atomic mass is 10.1. The van der Waals surface area contributed by atoms with Crippen molar-refractivity contribution in [3.05, 3.63) is 76.3 Å². The van der Waals surface area contributed by atoms with Crippen LogP contribution in [0.25, 0.3) is 6.08 Å². The molecule has 0 unspecified atom stereocenters. The Hall–Kier alpha value is -2.20. The van der Waals surface area contributed by atoms with Crippen LogP contribution in [-0.2, 0) is 11.2 Å². The minimum atomic E-state index is -0.141. The number of rotatable bonds is 5. The average Bonchev–Trinajstić information content (AvgIpc) is 2.49. The summed E-state index contributed by atoms with van der Waals surface area (Å²) in [7, 11) is 0. The van der Waals surface area contributed by atoms with Gasteiger partial charge in [0.25, 0.3) is 0 Å². The van der Waals surface area contributed by atoms with Gasteiger partial charge < -0.3 is 0 Å². The maximum atomic E-state index is 11.7. The molecular weight excluding hydrogens is 328 g/mol. The van der Waals surface area contributed by atoms with Crippen LogP contribution in [0.2, 0.25) is 0 Å². The maximum absolute atomic E-state index is 11.7. The van der Waals surface area contributed by atoms with Gasteiger partial charge in [-0.3, -0.25) is 4.79 Å². The fourth-order valence-electron chi connectivity index (χ4n) is 1.73. The van der Waals surface area contributed by atoms with Crippen molar-refractivity contribution in [1.29, 1.82) is 0 Å². The largest absolute Gasteiger partial charge is 0.273 e. The van der Waals surface area contributed by atoms with Crippen LogP contribution in [0.1, 0.15) is 11.1 Å². The van der Waals surface area contributed by atoms with E-state index in [1.807, 2.05) is 66.7 Å². The van der Waals surface area contributed by atoms with Gasteiger partial charge in [-0.1, -0.05) is 60.7 Å². The van der Waals surface area contributed by atoms with Gasteiger partial charge in [-0.25, -0.2) is 5.43 Å². The molecule has 0 fully saturated rings. The molecule has 2 aromatic rings. The number of carbonyl (C=O) groups excluding carboxylic acids is 1. The first-order chi connectivity index (χ1) is 10.2. The van der Waals surface area contributed by atoms with Crippen molar-refractivity contribution in [2.45, 2.75) is 6.42 Å². The molecule has 0 bridgehead atoms. The summed E-state index contributed by atoms with van der Waals surface area (Å²) in [6.07, 6.45) is 3.81. The Bertz CT molecular complexity index is 636. The van der Waals surface area contributed by atoms with E-state index in [4.69, 9.17) is 0 Å². The first-order valence-electron chi connectivity index (χ1n) is 6.52. The van der Waals surface area contributed by atoms with E-state index < -0.39 is 0 Å². The van der Waals surface area contributed by atoms with E-state index in [2.05, 4.69) is 26.5 Å². The fourth-order valence-corrected chi connectivity index (χ4v) is 2.10. The van der Waals surface area contributed by atoms with E-state index in [-0.39, 0.29) is 5.91 Å². The van der Waals surface area contributed by atoms with E-state index in [9.17, 15) is 4.79 Å². The van der Waals surface area contributed by atoms with Gasteiger partial charge in [0, 0.05) is 4.48 Å². The third kappa shape index (κ3) is 5.75. The van der Waals surface area contributed by atoms with Gasteiger partial charge in [0.1, 0.15) is 0 Å². The number of carbonyl (C=O) groups is 1. The summed E-state index contributed by atoms with van der Waals surface area (Å²) in [5, 5.41) is 3.92. The predicted molar refractivity (Wildman–Crippen MR) is 90.1 cm³/mol. The van der Waals surface area contributed by atoms with E-state index in [0.717, 1.165) is 15.6 Å². The van der Waals surface area contributed by atoms with Gasteiger partial charge in [0.05, 0.1) is 12.6 Å². The zero-order valence-corrected chi connectivity index (χ0v) is 13.0. The molecule has 0 heterocycles. The highest BCUT2D eigenvalue weighted by atomic mass is 79.9. The zero-order valence-electron chi connectivity index (χ0n) is 11.4. The van der Waals surface area contributed by atoms with Gasteiger partial charge in [-0.2, -0.15) is 5.10 Å². The molecule has 1 amide bonds. The van der Waals surface area contributed by atoms with Gasteiger partial charge in [-0.15, -0.1) is 0 Å². The minimum absolute atomic E-state index is 0.141. The monoisotopic (exact) mass is 342 g/mol. The summed E-state index contributed by atoms with van der Waals surface area (Å²) in [5.41, 5.74) is 4.53. The van der Waals surface area contributed by atoms with Crippen LogP contribution < -0.4 is 5.43 Å². The summed E-state index contributed by atoms with van der Waals surface area (Å²) in [5.74, 6) is -0.141. The van der Waals surface area contributed by atoms with Crippen molar-refractivity contribution in [2.75, 3.05) is 0 Å². The molecule has 2 rings (SSSR count). The van der Waals surface area contributed by atoms with Crippen molar-refractivity contribution in [1.82, 2.24) is 5.43 Å². The van der Waals surface area contributed by atoms with Crippen LogP contribution in [-0.4, -0.2) is 12.1 Å². The molecule has 0 saturated heterocycles. The van der Waals surface area contributed by atoms with Crippen LogP contribution in [0.4, 0.5) is 0 Å². The Labute approximate surface area is 132 Å². The lowest BCUT2D eigenvalue weighted by molar-refractivity contribution is -0.120. The number of hydrogen-bond acceptors (Lipinski definition) is 2. The second-order valence-electron chi connectivity index (χ2n) is 4.40. The van der Waals surface area contributed by atoms with E-state index in [0.29, 0.717) is 6.42 Å². The Balaban J connectivity index is 1.84. The average molecular weight is 343 g/mol. The second kappa shape index (κ2) is 8.17. The molecule has 0 aromatic heterocycles. The number of nitrogens with zero attached hydrogens (tertiary/aromatic N) is 1. The zero-order chi connectivity index (χ0) is 14.9. The summed E-state index contributed by atoms with van der Waals surface area (Å²) in [6, 6.07) is 19.4. The number of allylic oxidation sites excluding steroid dienone is 1. The highest BCUT2D eigenvalue weighted by Gasteiger charge is 2.00. The third-order valence-electron chi connectivity index (χ3n) is 2.69. The van der Waals surface area contributed by atoms with E-state index >= 15 is 0 Å². The molecule has 4 heteroatoms. The first kappa shape index (κ1) is 15.2. The molecule has 2 aromatic carbocycles. The standard InChI is InChI=1S/C17H15BrN2O/c18-16(11-14-7-3-1-4-8-14)13-19-20-17(21)12-15-9-5-2-6-10-15/h1-11,13H,12H2,(H,20,21)/b16-11-,19-13?. The van der Waals surface area contributed by atoms with Crippen molar-refractivity contribution < 1.29 is 4.79 Å². The van der Waals surface area contributed by atoms with Crippen LogP contribution >= 0.6 is 15.9 Å². The normalized spacial score (nSPS) is 11.6. The minimum Gasteiger partial charge on any atom is -0.273 e. The molecule has 0 aliphatic rings. The number of amides is 1. The maximum Gasteiger partial charge on any atom is 0.244 e. The number of hydrazone groups is 1. The smallest absolute Gasteiger partial charge is 0.244 e. The topological polar surface area (TPSA) is 41.5 Å². The first-order valence-corrected chi connectivity index (χ1v) is 7.31. The highest BCUT2D eigenvalue weighted by molar-refractivity contribution is 9.12. The van der Waals surface area contributed by atoms with Crippen molar-refractivity contribution in [3.8, 4) is 0 Å². The fraction of sp³-hybridized carbons (Fsp3) is 0.0588. The van der Waals surface area contributed by atoms with Crippen LogP contribution in [0.15, 0.2) is 70.2 Å². The summed E-state index contributed by atoms with van der Waals surface area (Å²) in [4.78, 5) is 11.7. The molecule has 0 aliphatic carbocycles. The molecule has 0 aliphatic heterocycles. The Morgan fingerprint density at radius 2 is 1.67 bits per heavy atom. The molecule has 21 heavy (non-hydrogen) atoms. The molecule has 0 radical (unpaired) electrons. The molecule has 106 valence electrons. The number of hydrogen-bond donors (Lipinski definition) is 1. The summed E-state index contributed by atoms with van der Waals surface area (Å²) in [6.45, 7) is 0. The Morgan fingerprint density at radius 3 is 2.33 bits per heavy atom. The number of benzene rings is 2. The third-order valence-corrected chi connectivity index (χ3v) is 3.12. The lowest BCUT2D eigenvalue weighted by Crippen LogP contribution is -2.19. The number of nitrogens with one attached hydrogen (secondary N) is 1. The lowest BCUT2D eigenvalue weighted by Gasteiger charge is -1.99. The molecule has 0 spiro atoms. The van der Waals surface area contributed by atoms with Crippen molar-refractivity contribution >= 4 is 34.1 Å². The molecule has 0 atom stereocenters. The molecule has 1 N–H and O–H groups in total. The summed E-state index contributed by atoms with van der Waals surface area (Å²) >= 11 is 3.39. The second-order valence-corrected chi connectivity index (χ2v) is 5.31. The SMILES string of the molecule is O=C(Cc1ccccc1)NN=C/C(Br)=C/c1ccccc1. The van der Waals surface area contributed by atoms with Gasteiger partial charge in [0.2, 0.25) is 5.91 Å². The van der Waals surface area contributed by atoms with Gasteiger partial charge in [-0.05, 0) is 33.1 Å². The van der Waals surface area contributed by atoms with Crippen molar-refractivity contribution in [3.63, 3.8) is 0 Å². The number of halogens is 1. The highest BCUT2D eigenvalue weighted by Crippen LogP contribution is 2.09. The summed E-state index contributed by atoms with van der Waals surface area (Å²) < 4.78 is 0.786. The van der Waals surface area contributed by atoms with Crippen LogP contribution in [0.5, 0.6) is 0 Å². The Kier molecular flexibility index (Phi) is 5.91. The molecule has 3 nitrogen and oxygen atoms in total. The van der Waals surface area contributed by atoms with E-state index in [1.165, 1.54) is 0 Å². The molecular formula is C17H15BrN2O. The quantitative estimate of drug-likeness (QED) is 0.652. The van der Waals surface area contributed by atoms with Gasteiger partial charge >= 0.3 is 0 Å². The predicted octanol–water partition coefficient (Wildman–Crippen LogP) is 3.77. The molecule has 0 saturated carbocycles. The van der Waals surface area contributed by atoms with E-state index in [1.54, 1.807) is 6.21 Å². The Morgan fingerprint density at radius 1 is 1.05 bits per heavy atom.